The molecule has 1 heterocycles. The SMILES string of the molecule is CC(=O)c1cccc(NC(=O)c2ccc(CN3CCN(C)C(=O)C3=O)cc2)c1. The van der Waals surface area contributed by atoms with Crippen molar-refractivity contribution in [3.8, 4) is 0 Å². The molecule has 28 heavy (non-hydrogen) atoms. The molecule has 1 saturated heterocycles. The van der Waals surface area contributed by atoms with Crippen LogP contribution >= 0.6 is 0 Å². The van der Waals surface area contributed by atoms with E-state index < -0.39 is 11.8 Å². The number of rotatable bonds is 5. The van der Waals surface area contributed by atoms with Crippen LogP contribution in [0.2, 0.25) is 0 Å². The molecule has 0 aromatic heterocycles. The Labute approximate surface area is 162 Å². The van der Waals surface area contributed by atoms with E-state index in [2.05, 4.69) is 5.32 Å². The molecule has 3 rings (SSSR count). The summed E-state index contributed by atoms with van der Waals surface area (Å²) in [5, 5.41) is 2.77. The Hall–Kier alpha value is -3.48. The van der Waals surface area contributed by atoms with Gasteiger partial charge >= 0.3 is 11.8 Å². The average Bonchev–Trinajstić information content (AvgIpc) is 2.69. The highest BCUT2D eigenvalue weighted by Crippen LogP contribution is 2.15. The second-order valence-corrected chi connectivity index (χ2v) is 6.74. The number of likely N-dealkylation sites (N-methyl/N-ethyl adjacent to an activating group) is 1. The zero-order valence-electron chi connectivity index (χ0n) is 15.8. The lowest BCUT2D eigenvalue weighted by molar-refractivity contribution is -0.155. The quantitative estimate of drug-likeness (QED) is 0.635. The van der Waals surface area contributed by atoms with Gasteiger partial charge in [0, 0.05) is 43.5 Å². The first-order valence-corrected chi connectivity index (χ1v) is 8.91. The molecule has 144 valence electrons. The molecular formula is C21H21N3O4. The maximum absolute atomic E-state index is 12.4. The van der Waals surface area contributed by atoms with E-state index in [1.54, 1.807) is 55.6 Å². The lowest BCUT2D eigenvalue weighted by atomic mass is 10.1. The number of amides is 3. The minimum atomic E-state index is -0.513. The largest absolute Gasteiger partial charge is 0.336 e. The van der Waals surface area contributed by atoms with Crippen LogP contribution in [0, 0.1) is 0 Å². The monoisotopic (exact) mass is 379 g/mol. The number of hydrogen-bond acceptors (Lipinski definition) is 4. The molecule has 2 aromatic rings. The molecule has 2 aromatic carbocycles. The molecule has 1 aliphatic heterocycles. The maximum atomic E-state index is 12.4. The molecule has 0 saturated carbocycles. The van der Waals surface area contributed by atoms with E-state index in [4.69, 9.17) is 0 Å². The topological polar surface area (TPSA) is 86.8 Å². The fourth-order valence-electron chi connectivity index (χ4n) is 2.92. The number of nitrogens with one attached hydrogen (secondary N) is 1. The fourth-order valence-corrected chi connectivity index (χ4v) is 2.92. The van der Waals surface area contributed by atoms with Gasteiger partial charge in [-0.25, -0.2) is 0 Å². The number of carbonyl (C=O) groups excluding carboxylic acids is 4. The standard InChI is InChI=1S/C21H21N3O4/c1-14(25)17-4-3-5-18(12-17)22-19(26)16-8-6-15(7-9-16)13-24-11-10-23(2)20(27)21(24)28/h3-9,12H,10-11,13H2,1-2H3,(H,22,26). The van der Waals surface area contributed by atoms with Crippen LogP contribution in [0.25, 0.3) is 0 Å². The Morgan fingerprint density at radius 3 is 2.36 bits per heavy atom. The van der Waals surface area contributed by atoms with Crippen molar-refractivity contribution < 1.29 is 19.2 Å². The van der Waals surface area contributed by atoms with E-state index in [0.29, 0.717) is 36.4 Å². The highest BCUT2D eigenvalue weighted by Gasteiger charge is 2.30. The molecular weight excluding hydrogens is 358 g/mol. The third kappa shape index (κ3) is 4.25. The van der Waals surface area contributed by atoms with E-state index in [1.165, 1.54) is 16.7 Å². The zero-order chi connectivity index (χ0) is 20.3. The Balaban J connectivity index is 1.65. The number of piperazine rings is 1. The summed E-state index contributed by atoms with van der Waals surface area (Å²) >= 11 is 0. The summed E-state index contributed by atoms with van der Waals surface area (Å²) < 4.78 is 0. The molecule has 3 amide bonds. The number of anilines is 1. The smallest absolute Gasteiger partial charge is 0.312 e. The highest BCUT2D eigenvalue weighted by atomic mass is 16.2. The van der Waals surface area contributed by atoms with Crippen LogP contribution < -0.4 is 5.32 Å². The first-order chi connectivity index (χ1) is 13.3. The fraction of sp³-hybridized carbons (Fsp3) is 0.238. The van der Waals surface area contributed by atoms with E-state index in [1.807, 2.05) is 0 Å². The van der Waals surface area contributed by atoms with Gasteiger partial charge in [0.25, 0.3) is 5.91 Å². The van der Waals surface area contributed by atoms with Crippen molar-refractivity contribution in [2.45, 2.75) is 13.5 Å². The van der Waals surface area contributed by atoms with E-state index in [0.717, 1.165) is 5.56 Å². The Kier molecular flexibility index (Phi) is 5.54. The van der Waals surface area contributed by atoms with Crippen LogP contribution in [0.5, 0.6) is 0 Å². The number of hydrogen-bond donors (Lipinski definition) is 1. The number of nitrogens with zero attached hydrogens (tertiary/aromatic N) is 2. The molecule has 7 nitrogen and oxygen atoms in total. The summed E-state index contributed by atoms with van der Waals surface area (Å²) in [6.07, 6.45) is 0. The molecule has 1 fully saturated rings. The van der Waals surface area contributed by atoms with Gasteiger partial charge in [0.05, 0.1) is 0 Å². The van der Waals surface area contributed by atoms with Crippen molar-refractivity contribution in [1.29, 1.82) is 0 Å². The van der Waals surface area contributed by atoms with Crippen molar-refractivity contribution in [3.63, 3.8) is 0 Å². The summed E-state index contributed by atoms with van der Waals surface area (Å²) in [5.41, 5.74) is 2.36. The van der Waals surface area contributed by atoms with Crippen molar-refractivity contribution >= 4 is 29.2 Å². The van der Waals surface area contributed by atoms with Gasteiger partial charge in [-0.3, -0.25) is 19.2 Å². The normalized spacial score (nSPS) is 14.2. The molecule has 0 atom stereocenters. The molecule has 0 aliphatic carbocycles. The van der Waals surface area contributed by atoms with Crippen LogP contribution in [0.15, 0.2) is 48.5 Å². The lowest BCUT2D eigenvalue weighted by Crippen LogP contribution is -2.52. The predicted molar refractivity (Wildman–Crippen MR) is 104 cm³/mol. The van der Waals surface area contributed by atoms with Crippen LogP contribution in [0.4, 0.5) is 5.69 Å². The Morgan fingerprint density at radius 1 is 0.964 bits per heavy atom. The minimum Gasteiger partial charge on any atom is -0.336 e. The van der Waals surface area contributed by atoms with Crippen molar-refractivity contribution in [2.75, 3.05) is 25.5 Å². The summed E-state index contributed by atoms with van der Waals surface area (Å²) in [4.78, 5) is 50.6. The van der Waals surface area contributed by atoms with Crippen LogP contribution in [0.1, 0.15) is 33.2 Å². The predicted octanol–water partition coefficient (Wildman–Crippen LogP) is 1.94. The van der Waals surface area contributed by atoms with Gasteiger partial charge in [-0.05, 0) is 36.8 Å². The van der Waals surface area contributed by atoms with Gasteiger partial charge in [-0.15, -0.1) is 0 Å². The Morgan fingerprint density at radius 2 is 1.68 bits per heavy atom. The second kappa shape index (κ2) is 8.04. The maximum Gasteiger partial charge on any atom is 0.312 e. The second-order valence-electron chi connectivity index (χ2n) is 6.74. The lowest BCUT2D eigenvalue weighted by Gasteiger charge is -2.31. The minimum absolute atomic E-state index is 0.0719. The molecule has 0 bridgehead atoms. The third-order valence-corrected chi connectivity index (χ3v) is 4.64. The van der Waals surface area contributed by atoms with Gasteiger partial charge in [0.15, 0.2) is 5.78 Å². The molecule has 1 aliphatic rings. The highest BCUT2D eigenvalue weighted by molar-refractivity contribution is 6.35. The number of ketones is 1. The van der Waals surface area contributed by atoms with Gasteiger partial charge in [0.2, 0.25) is 0 Å². The third-order valence-electron chi connectivity index (χ3n) is 4.64. The van der Waals surface area contributed by atoms with Crippen molar-refractivity contribution in [1.82, 2.24) is 9.80 Å². The van der Waals surface area contributed by atoms with Crippen molar-refractivity contribution in [3.05, 3.63) is 65.2 Å². The Bertz CT molecular complexity index is 937. The van der Waals surface area contributed by atoms with E-state index in [-0.39, 0.29) is 11.7 Å². The van der Waals surface area contributed by atoms with E-state index in [9.17, 15) is 19.2 Å². The van der Waals surface area contributed by atoms with E-state index >= 15 is 0 Å². The number of carbonyl (C=O) groups is 4. The van der Waals surface area contributed by atoms with Crippen LogP contribution in [-0.2, 0) is 16.1 Å². The first kappa shape index (κ1) is 19.3. The first-order valence-electron chi connectivity index (χ1n) is 8.91. The molecule has 0 radical (unpaired) electrons. The molecule has 1 N–H and O–H groups in total. The van der Waals surface area contributed by atoms with Gasteiger partial charge < -0.3 is 15.1 Å². The average molecular weight is 379 g/mol. The summed E-state index contributed by atoms with van der Waals surface area (Å²) in [6, 6.07) is 13.6. The van der Waals surface area contributed by atoms with Gasteiger partial charge in [0.1, 0.15) is 0 Å². The number of benzene rings is 2. The van der Waals surface area contributed by atoms with Crippen molar-refractivity contribution in [2.24, 2.45) is 0 Å². The molecule has 0 spiro atoms. The molecule has 0 unspecified atom stereocenters. The number of Topliss-reactive ketones (excluding diaryl/α,β-unsaturated/α-hetero) is 1. The summed E-state index contributed by atoms with van der Waals surface area (Å²) in [6.45, 7) is 2.78. The zero-order valence-corrected chi connectivity index (χ0v) is 15.8. The van der Waals surface area contributed by atoms with Crippen LogP contribution in [-0.4, -0.2) is 53.4 Å². The van der Waals surface area contributed by atoms with Gasteiger partial charge in [-0.2, -0.15) is 0 Å². The van der Waals surface area contributed by atoms with Gasteiger partial charge in [-0.1, -0.05) is 24.3 Å². The summed E-state index contributed by atoms with van der Waals surface area (Å²) in [5.74, 6) is -1.38. The van der Waals surface area contributed by atoms with Crippen LogP contribution in [0.3, 0.4) is 0 Å². The summed E-state index contributed by atoms with van der Waals surface area (Å²) in [7, 11) is 1.61. The molecule has 7 heteroatoms.